The Kier molecular flexibility index (Phi) is 4.33. The highest BCUT2D eigenvalue weighted by Gasteiger charge is 2.20. The Morgan fingerprint density at radius 1 is 0.864 bits per heavy atom. The molecule has 0 atom stereocenters. The lowest BCUT2D eigenvalue weighted by Gasteiger charge is -2.28. The minimum atomic E-state index is 0.0337. The van der Waals surface area contributed by atoms with E-state index in [4.69, 9.17) is 0 Å². The number of nitrogens with zero attached hydrogens (tertiary/aromatic N) is 1. The number of carbonyl (C=O) groups is 2. The van der Waals surface area contributed by atoms with Crippen molar-refractivity contribution in [1.29, 1.82) is 0 Å². The summed E-state index contributed by atoms with van der Waals surface area (Å²) in [6.45, 7) is 1.41. The van der Waals surface area contributed by atoms with Gasteiger partial charge in [0.2, 0.25) is 5.91 Å². The van der Waals surface area contributed by atoms with Gasteiger partial charge < -0.3 is 4.90 Å². The molecule has 0 aromatic heterocycles. The molecule has 2 aromatic carbocycles. The van der Waals surface area contributed by atoms with Gasteiger partial charge in [-0.3, -0.25) is 9.59 Å². The Morgan fingerprint density at radius 2 is 1.55 bits per heavy atom. The number of benzene rings is 2. The molecule has 2 aromatic rings. The fourth-order valence-corrected chi connectivity index (χ4v) is 2.86. The van der Waals surface area contributed by atoms with Crippen molar-refractivity contribution in [2.24, 2.45) is 0 Å². The fourth-order valence-electron chi connectivity index (χ4n) is 2.86. The smallest absolute Gasteiger partial charge is 0.223 e. The summed E-state index contributed by atoms with van der Waals surface area (Å²) in [5.41, 5.74) is 3.22. The van der Waals surface area contributed by atoms with Crippen molar-refractivity contribution in [2.75, 3.05) is 6.54 Å². The van der Waals surface area contributed by atoms with Crippen LogP contribution in [0.25, 0.3) is 0 Å². The zero-order chi connectivity index (χ0) is 15.4. The summed E-state index contributed by atoms with van der Waals surface area (Å²) in [6, 6.07) is 17.4. The molecule has 1 aliphatic rings. The number of hydrogen-bond acceptors (Lipinski definition) is 2. The predicted molar refractivity (Wildman–Crippen MR) is 85.6 cm³/mol. The number of hydrogen-bond donors (Lipinski definition) is 0. The lowest BCUT2D eigenvalue weighted by Crippen LogP contribution is -2.36. The lowest BCUT2D eigenvalue weighted by molar-refractivity contribution is -0.132. The number of amides is 1. The van der Waals surface area contributed by atoms with E-state index in [1.54, 1.807) is 12.1 Å². The van der Waals surface area contributed by atoms with Gasteiger partial charge in [-0.15, -0.1) is 0 Å². The molecule has 0 fully saturated rings. The summed E-state index contributed by atoms with van der Waals surface area (Å²) in [7, 11) is 0. The van der Waals surface area contributed by atoms with Crippen molar-refractivity contribution in [3.8, 4) is 0 Å². The molecule has 3 heteroatoms. The molecule has 112 valence electrons. The number of fused-ring (bicyclic) bond motifs is 1. The highest BCUT2D eigenvalue weighted by Crippen LogP contribution is 2.19. The van der Waals surface area contributed by atoms with E-state index >= 15 is 0 Å². The molecule has 22 heavy (non-hydrogen) atoms. The molecular formula is C19H19NO2. The predicted octanol–water partition coefficient (Wildman–Crippen LogP) is 3.23. The summed E-state index contributed by atoms with van der Waals surface area (Å²) in [6.07, 6.45) is 1.46. The van der Waals surface area contributed by atoms with Gasteiger partial charge >= 0.3 is 0 Å². The van der Waals surface area contributed by atoms with Crippen LogP contribution in [0.15, 0.2) is 54.6 Å². The molecule has 0 spiro atoms. The molecule has 1 amide bonds. The maximum absolute atomic E-state index is 12.3. The molecule has 1 aliphatic heterocycles. The van der Waals surface area contributed by atoms with Crippen molar-refractivity contribution in [1.82, 2.24) is 4.90 Å². The van der Waals surface area contributed by atoms with Crippen LogP contribution in [0.4, 0.5) is 0 Å². The Balaban J connectivity index is 1.56. The highest BCUT2D eigenvalue weighted by molar-refractivity contribution is 5.97. The molecule has 3 rings (SSSR count). The van der Waals surface area contributed by atoms with E-state index < -0.39 is 0 Å². The van der Waals surface area contributed by atoms with Crippen LogP contribution in [-0.2, 0) is 17.8 Å². The average Bonchev–Trinajstić information content (AvgIpc) is 2.59. The molecule has 0 aliphatic carbocycles. The van der Waals surface area contributed by atoms with E-state index in [1.807, 2.05) is 35.2 Å². The van der Waals surface area contributed by atoms with E-state index in [0.29, 0.717) is 12.1 Å². The van der Waals surface area contributed by atoms with E-state index in [9.17, 15) is 9.59 Å². The van der Waals surface area contributed by atoms with Crippen LogP contribution in [0.1, 0.15) is 34.3 Å². The van der Waals surface area contributed by atoms with Gasteiger partial charge in [0, 0.05) is 31.5 Å². The summed E-state index contributed by atoms with van der Waals surface area (Å²) < 4.78 is 0. The Labute approximate surface area is 130 Å². The summed E-state index contributed by atoms with van der Waals surface area (Å²) in [4.78, 5) is 26.2. The molecule has 0 radical (unpaired) electrons. The first kappa shape index (κ1) is 14.5. The topological polar surface area (TPSA) is 37.4 Å². The van der Waals surface area contributed by atoms with Crippen LogP contribution in [0.3, 0.4) is 0 Å². The van der Waals surface area contributed by atoms with Gasteiger partial charge in [-0.1, -0.05) is 54.6 Å². The van der Waals surface area contributed by atoms with Crippen molar-refractivity contribution >= 4 is 11.7 Å². The van der Waals surface area contributed by atoms with Crippen LogP contribution < -0.4 is 0 Å². The van der Waals surface area contributed by atoms with Crippen molar-refractivity contribution < 1.29 is 9.59 Å². The van der Waals surface area contributed by atoms with Crippen molar-refractivity contribution in [2.45, 2.75) is 25.8 Å². The summed E-state index contributed by atoms with van der Waals surface area (Å²) in [5.74, 6) is 0.102. The first-order chi connectivity index (χ1) is 10.7. The Morgan fingerprint density at radius 3 is 2.32 bits per heavy atom. The van der Waals surface area contributed by atoms with Gasteiger partial charge in [0.05, 0.1) is 0 Å². The minimum Gasteiger partial charge on any atom is -0.338 e. The van der Waals surface area contributed by atoms with Gasteiger partial charge in [0.25, 0.3) is 0 Å². The lowest BCUT2D eigenvalue weighted by atomic mass is 9.99. The number of ketones is 1. The van der Waals surface area contributed by atoms with Crippen LogP contribution in [-0.4, -0.2) is 23.1 Å². The normalized spacial score (nSPS) is 13.5. The van der Waals surface area contributed by atoms with Crippen LogP contribution in [0, 0.1) is 0 Å². The average molecular weight is 293 g/mol. The fraction of sp³-hybridized carbons (Fsp3) is 0.263. The van der Waals surface area contributed by atoms with Crippen molar-refractivity contribution in [3.05, 3.63) is 71.3 Å². The molecular weight excluding hydrogens is 274 g/mol. The first-order valence-electron chi connectivity index (χ1n) is 7.67. The molecule has 0 N–H and O–H groups in total. The second-order valence-corrected chi connectivity index (χ2v) is 5.62. The number of rotatable bonds is 4. The standard InChI is InChI=1S/C19H19NO2/c21-18(16-7-2-1-3-8-16)10-11-19(22)20-13-12-15-6-4-5-9-17(15)14-20/h1-9H,10-14H2. The van der Waals surface area contributed by atoms with E-state index in [-0.39, 0.29) is 24.5 Å². The third kappa shape index (κ3) is 3.25. The van der Waals surface area contributed by atoms with Crippen LogP contribution in [0.2, 0.25) is 0 Å². The third-order valence-electron chi connectivity index (χ3n) is 4.15. The second kappa shape index (κ2) is 6.56. The van der Waals surface area contributed by atoms with Gasteiger partial charge in [0.1, 0.15) is 0 Å². The highest BCUT2D eigenvalue weighted by atomic mass is 16.2. The van der Waals surface area contributed by atoms with Gasteiger partial charge in [-0.05, 0) is 17.5 Å². The molecule has 1 heterocycles. The van der Waals surface area contributed by atoms with Crippen LogP contribution >= 0.6 is 0 Å². The van der Waals surface area contributed by atoms with E-state index in [1.165, 1.54) is 11.1 Å². The van der Waals surface area contributed by atoms with Gasteiger partial charge in [0.15, 0.2) is 5.78 Å². The van der Waals surface area contributed by atoms with Gasteiger partial charge in [-0.2, -0.15) is 0 Å². The van der Waals surface area contributed by atoms with E-state index in [2.05, 4.69) is 12.1 Å². The summed E-state index contributed by atoms with van der Waals surface area (Å²) in [5, 5.41) is 0. The number of Topliss-reactive ketones (excluding diaryl/α,β-unsaturated/α-hetero) is 1. The zero-order valence-electron chi connectivity index (χ0n) is 12.5. The second-order valence-electron chi connectivity index (χ2n) is 5.62. The molecule has 0 unspecified atom stereocenters. The Hall–Kier alpha value is -2.42. The zero-order valence-corrected chi connectivity index (χ0v) is 12.5. The monoisotopic (exact) mass is 293 g/mol. The van der Waals surface area contributed by atoms with Crippen LogP contribution in [0.5, 0.6) is 0 Å². The Bertz CT molecular complexity index is 679. The van der Waals surface area contributed by atoms with E-state index in [0.717, 1.165) is 13.0 Å². The van der Waals surface area contributed by atoms with Crippen molar-refractivity contribution in [3.63, 3.8) is 0 Å². The molecule has 0 saturated heterocycles. The maximum Gasteiger partial charge on any atom is 0.223 e. The first-order valence-corrected chi connectivity index (χ1v) is 7.67. The quantitative estimate of drug-likeness (QED) is 0.812. The number of carbonyl (C=O) groups excluding carboxylic acids is 2. The minimum absolute atomic E-state index is 0.0337. The molecule has 0 bridgehead atoms. The summed E-state index contributed by atoms with van der Waals surface area (Å²) >= 11 is 0. The van der Waals surface area contributed by atoms with Gasteiger partial charge in [-0.25, -0.2) is 0 Å². The maximum atomic E-state index is 12.3. The SMILES string of the molecule is O=C(CCC(=O)N1CCc2ccccc2C1)c1ccccc1. The third-order valence-corrected chi connectivity index (χ3v) is 4.15. The largest absolute Gasteiger partial charge is 0.338 e. The molecule has 3 nitrogen and oxygen atoms in total. The molecule has 0 saturated carbocycles.